The molecule has 1 aromatic rings. The fourth-order valence-electron chi connectivity index (χ4n) is 3.57. The van der Waals surface area contributed by atoms with Crippen molar-refractivity contribution in [1.82, 2.24) is 15.5 Å². The molecule has 1 aliphatic rings. The van der Waals surface area contributed by atoms with E-state index in [1.807, 2.05) is 18.2 Å². The molecule has 1 heterocycles. The smallest absolute Gasteiger partial charge is 0.191 e. The van der Waals surface area contributed by atoms with Gasteiger partial charge in [-0.25, -0.2) is 8.42 Å². The number of nitrogens with one attached hydrogen (secondary N) is 2. The highest BCUT2D eigenvalue weighted by atomic mass is 35.5. The van der Waals surface area contributed by atoms with Gasteiger partial charge in [-0.2, -0.15) is 0 Å². The Bertz CT molecular complexity index is 795. The zero-order valence-corrected chi connectivity index (χ0v) is 19.1. The van der Waals surface area contributed by atoms with Crippen molar-refractivity contribution in [3.63, 3.8) is 0 Å². The van der Waals surface area contributed by atoms with E-state index < -0.39 is 14.6 Å². The average Bonchev–Trinajstić information content (AvgIpc) is 2.61. The predicted molar refractivity (Wildman–Crippen MR) is 118 cm³/mol. The summed E-state index contributed by atoms with van der Waals surface area (Å²) in [6.07, 6.45) is 3.52. The van der Waals surface area contributed by atoms with Gasteiger partial charge in [0.25, 0.3) is 0 Å². The van der Waals surface area contributed by atoms with Gasteiger partial charge in [0, 0.05) is 37.5 Å². The van der Waals surface area contributed by atoms with Gasteiger partial charge >= 0.3 is 0 Å². The minimum atomic E-state index is -3.16. The van der Waals surface area contributed by atoms with Crippen LogP contribution in [0.5, 0.6) is 0 Å². The first-order valence-electron chi connectivity index (χ1n) is 9.65. The van der Waals surface area contributed by atoms with Crippen LogP contribution in [-0.4, -0.2) is 64.0 Å². The Kier molecular flexibility index (Phi) is 7.76. The molecule has 2 atom stereocenters. The number of sulfone groups is 1. The van der Waals surface area contributed by atoms with Gasteiger partial charge in [0.05, 0.1) is 4.75 Å². The fraction of sp³-hybridized carbons (Fsp3) is 0.650. The normalized spacial score (nSPS) is 22.1. The number of guanidine groups is 1. The van der Waals surface area contributed by atoms with Crippen molar-refractivity contribution in [2.45, 2.75) is 37.5 Å². The SMILES string of the molecule is CN=C(NCC1CCCN(C)C1c1cccc(Cl)c1)NCC(C)(C)S(C)(=O)=O. The fourth-order valence-corrected chi connectivity index (χ4v) is 4.10. The molecule has 2 N–H and O–H groups in total. The van der Waals surface area contributed by atoms with E-state index in [4.69, 9.17) is 11.6 Å². The Morgan fingerprint density at radius 1 is 1.36 bits per heavy atom. The lowest BCUT2D eigenvalue weighted by Gasteiger charge is -2.40. The summed E-state index contributed by atoms with van der Waals surface area (Å²) < 4.78 is 22.9. The number of likely N-dealkylation sites (tertiary alicyclic amines) is 1. The summed E-state index contributed by atoms with van der Waals surface area (Å²) in [5, 5.41) is 7.29. The monoisotopic (exact) mass is 428 g/mol. The summed E-state index contributed by atoms with van der Waals surface area (Å²) in [7, 11) is 0.689. The first-order valence-corrected chi connectivity index (χ1v) is 11.9. The molecule has 0 spiro atoms. The number of nitrogens with zero attached hydrogens (tertiary/aromatic N) is 2. The lowest BCUT2D eigenvalue weighted by Crippen LogP contribution is -2.49. The van der Waals surface area contributed by atoms with E-state index in [9.17, 15) is 8.42 Å². The second-order valence-corrected chi connectivity index (χ2v) is 11.3. The summed E-state index contributed by atoms with van der Waals surface area (Å²) >= 11 is 6.22. The molecule has 28 heavy (non-hydrogen) atoms. The standard InChI is InChI=1S/C20H33ClN4O2S/c1-20(2,28(5,26)27)14-24-19(22-3)23-13-16-9-7-11-25(4)18(16)15-8-6-10-17(21)12-15/h6,8,10,12,16,18H,7,9,11,13-14H2,1-5H3,(H2,22,23,24). The molecule has 1 fully saturated rings. The van der Waals surface area contributed by atoms with Gasteiger partial charge in [0.2, 0.25) is 0 Å². The molecule has 2 rings (SSSR count). The average molecular weight is 429 g/mol. The van der Waals surface area contributed by atoms with Crippen LogP contribution in [-0.2, 0) is 9.84 Å². The van der Waals surface area contributed by atoms with Crippen LogP contribution in [0.25, 0.3) is 0 Å². The largest absolute Gasteiger partial charge is 0.356 e. The van der Waals surface area contributed by atoms with E-state index >= 15 is 0 Å². The van der Waals surface area contributed by atoms with Crippen LogP contribution >= 0.6 is 11.6 Å². The van der Waals surface area contributed by atoms with Crippen LogP contribution < -0.4 is 10.6 Å². The van der Waals surface area contributed by atoms with Gasteiger partial charge in [-0.05, 0) is 63.9 Å². The van der Waals surface area contributed by atoms with Gasteiger partial charge in [0.15, 0.2) is 15.8 Å². The molecule has 1 aliphatic heterocycles. The molecule has 0 aliphatic carbocycles. The van der Waals surface area contributed by atoms with Gasteiger partial charge in [-0.15, -0.1) is 0 Å². The molecule has 0 saturated carbocycles. The number of piperidine rings is 1. The van der Waals surface area contributed by atoms with Gasteiger partial charge in [0.1, 0.15) is 0 Å². The van der Waals surface area contributed by atoms with Crippen molar-refractivity contribution < 1.29 is 8.42 Å². The Morgan fingerprint density at radius 2 is 2.07 bits per heavy atom. The maximum absolute atomic E-state index is 11.9. The maximum atomic E-state index is 11.9. The summed E-state index contributed by atoms with van der Waals surface area (Å²) in [4.78, 5) is 6.63. The van der Waals surface area contributed by atoms with Crippen molar-refractivity contribution >= 4 is 27.4 Å². The Morgan fingerprint density at radius 3 is 2.68 bits per heavy atom. The lowest BCUT2D eigenvalue weighted by atomic mass is 9.85. The third-order valence-electron chi connectivity index (χ3n) is 5.64. The molecule has 0 amide bonds. The quantitative estimate of drug-likeness (QED) is 0.538. The molecular weight excluding hydrogens is 396 g/mol. The summed E-state index contributed by atoms with van der Waals surface area (Å²) in [5.74, 6) is 1.02. The Balaban J connectivity index is 2.03. The van der Waals surface area contributed by atoms with Crippen LogP contribution in [0.4, 0.5) is 0 Å². The number of benzene rings is 1. The van der Waals surface area contributed by atoms with Crippen molar-refractivity contribution in [2.24, 2.45) is 10.9 Å². The van der Waals surface area contributed by atoms with Crippen LogP contribution in [0.15, 0.2) is 29.3 Å². The second-order valence-electron chi connectivity index (χ2n) is 8.22. The van der Waals surface area contributed by atoms with E-state index in [0.717, 1.165) is 31.0 Å². The van der Waals surface area contributed by atoms with Crippen LogP contribution in [0.1, 0.15) is 38.3 Å². The molecule has 158 valence electrons. The van der Waals surface area contributed by atoms with Crippen LogP contribution in [0, 0.1) is 5.92 Å². The topological polar surface area (TPSA) is 73.8 Å². The van der Waals surface area contributed by atoms with E-state index in [1.165, 1.54) is 11.8 Å². The van der Waals surface area contributed by atoms with Gasteiger partial charge in [-0.3, -0.25) is 9.89 Å². The number of halogens is 1. The Labute approximate surface area is 174 Å². The number of rotatable bonds is 6. The molecule has 0 aromatic heterocycles. The molecule has 8 heteroatoms. The number of aliphatic imine (C=N–C) groups is 1. The van der Waals surface area contributed by atoms with Crippen molar-refractivity contribution in [3.8, 4) is 0 Å². The predicted octanol–water partition coefficient (Wildman–Crippen LogP) is 2.71. The Hall–Kier alpha value is -1.31. The molecule has 1 saturated heterocycles. The molecule has 1 aromatic carbocycles. The zero-order chi connectivity index (χ0) is 20.9. The zero-order valence-electron chi connectivity index (χ0n) is 17.5. The van der Waals surface area contributed by atoms with E-state index in [0.29, 0.717) is 18.4 Å². The first kappa shape index (κ1) is 23.0. The number of hydrogen-bond donors (Lipinski definition) is 2. The third-order valence-corrected chi connectivity index (χ3v) is 8.02. The van der Waals surface area contributed by atoms with Gasteiger partial charge in [-0.1, -0.05) is 23.7 Å². The first-order chi connectivity index (χ1) is 13.0. The lowest BCUT2D eigenvalue weighted by molar-refractivity contribution is 0.122. The summed E-state index contributed by atoms with van der Waals surface area (Å²) in [6.45, 7) is 5.54. The van der Waals surface area contributed by atoms with Crippen molar-refractivity contribution in [1.29, 1.82) is 0 Å². The van der Waals surface area contributed by atoms with E-state index in [2.05, 4.69) is 33.6 Å². The molecule has 6 nitrogen and oxygen atoms in total. The van der Waals surface area contributed by atoms with Crippen LogP contribution in [0.2, 0.25) is 5.02 Å². The minimum Gasteiger partial charge on any atom is -0.356 e. The highest BCUT2D eigenvalue weighted by Crippen LogP contribution is 2.35. The van der Waals surface area contributed by atoms with E-state index in [1.54, 1.807) is 20.9 Å². The summed E-state index contributed by atoms with van der Waals surface area (Å²) in [5.41, 5.74) is 1.22. The molecule has 0 radical (unpaired) electrons. The highest BCUT2D eigenvalue weighted by Gasteiger charge is 2.32. The highest BCUT2D eigenvalue weighted by molar-refractivity contribution is 7.92. The van der Waals surface area contributed by atoms with Gasteiger partial charge < -0.3 is 10.6 Å². The van der Waals surface area contributed by atoms with Crippen molar-refractivity contribution in [3.05, 3.63) is 34.9 Å². The van der Waals surface area contributed by atoms with Crippen LogP contribution in [0.3, 0.4) is 0 Å². The minimum absolute atomic E-state index is 0.283. The second kappa shape index (κ2) is 9.46. The summed E-state index contributed by atoms with van der Waals surface area (Å²) in [6, 6.07) is 8.36. The molecule has 0 bridgehead atoms. The van der Waals surface area contributed by atoms with E-state index in [-0.39, 0.29) is 6.04 Å². The molecular formula is C20H33ClN4O2S. The van der Waals surface area contributed by atoms with Crippen molar-refractivity contribution in [2.75, 3.05) is 40.0 Å². The molecule has 2 unspecified atom stereocenters. The third kappa shape index (κ3) is 5.84. The maximum Gasteiger partial charge on any atom is 0.191 e. The number of hydrogen-bond acceptors (Lipinski definition) is 4.